The van der Waals surface area contributed by atoms with Crippen LogP contribution in [0.15, 0.2) is 178 Å². The lowest BCUT2D eigenvalue weighted by Crippen LogP contribution is -2.38. The van der Waals surface area contributed by atoms with Gasteiger partial charge < -0.3 is 39.3 Å². The first-order valence-corrected chi connectivity index (χ1v) is 30.1. The highest BCUT2D eigenvalue weighted by Gasteiger charge is 2.27. The number of morpholine rings is 2. The van der Waals surface area contributed by atoms with Crippen molar-refractivity contribution in [3.8, 4) is 34.8 Å². The van der Waals surface area contributed by atoms with Crippen molar-refractivity contribution in [3.63, 3.8) is 0 Å². The first-order chi connectivity index (χ1) is 43.3. The summed E-state index contributed by atoms with van der Waals surface area (Å²) in [6.07, 6.45) is 13.9. The normalized spacial score (nSPS) is 15.3. The van der Waals surface area contributed by atoms with Crippen molar-refractivity contribution in [2.75, 3.05) is 84.6 Å². The summed E-state index contributed by atoms with van der Waals surface area (Å²) in [4.78, 5) is 71.0. The zero-order valence-corrected chi connectivity index (χ0v) is 51.1. The second-order valence-corrected chi connectivity index (χ2v) is 22.0. The molecule has 2 fully saturated rings. The van der Waals surface area contributed by atoms with Crippen LogP contribution < -0.4 is 24.7 Å². The molecule has 0 saturated carbocycles. The number of halogens is 4. The molecule has 0 spiro atoms. The molecule has 89 heavy (non-hydrogen) atoms. The van der Waals surface area contributed by atoms with Crippen LogP contribution in [-0.4, -0.2) is 137 Å². The number of aromatic nitrogens is 4. The molecule has 2 aliphatic heterocycles. The average molecular weight is 1340 g/mol. The fourth-order valence-corrected chi connectivity index (χ4v) is 11.0. The SMILES string of the molecule is Nc1ccc(Oc2ccnc3c(Br)c(OCCN4CCOCC4)ncc23)c(F)c1.O=C(Cc1ccc(Oc2ccnc3c(Br)c(OCCN4CCOCC4)ncc23)c(F)c1)C1=CCC=C(c2ccccc2)C1=O.O=C(O)C1=CCC=C(c2ccccc2)C1=O. The topological polar surface area (TPSA) is 228 Å². The molecule has 4 aliphatic rings. The number of hydrogen-bond donors (Lipinski definition) is 2. The Morgan fingerprint density at radius 2 is 1.03 bits per heavy atom. The highest BCUT2D eigenvalue weighted by molar-refractivity contribution is 9.11. The summed E-state index contributed by atoms with van der Waals surface area (Å²) >= 11 is 7.07. The van der Waals surface area contributed by atoms with Crippen LogP contribution in [0.5, 0.6) is 34.8 Å². The maximum atomic E-state index is 15.2. The van der Waals surface area contributed by atoms with Gasteiger partial charge in [-0.1, -0.05) is 91.0 Å². The van der Waals surface area contributed by atoms with E-state index in [0.717, 1.165) is 76.8 Å². The fraction of sp³-hybridized carbons (Fsp3) is 0.224. The number of nitrogens with zero attached hydrogens (tertiary/aromatic N) is 6. The van der Waals surface area contributed by atoms with E-state index in [2.05, 4.69) is 61.6 Å². The third kappa shape index (κ3) is 16.1. The number of rotatable bonds is 18. The molecule has 0 atom stereocenters. The maximum Gasteiger partial charge on any atom is 0.339 e. The summed E-state index contributed by atoms with van der Waals surface area (Å²) in [6.45, 7) is 9.01. The molecular weight excluding hydrogens is 1280 g/mol. The lowest BCUT2D eigenvalue weighted by atomic mass is 9.88. The van der Waals surface area contributed by atoms with E-state index in [1.54, 1.807) is 73.3 Å². The molecule has 0 radical (unpaired) electrons. The predicted octanol–water partition coefficient (Wildman–Crippen LogP) is 11.8. The monoisotopic (exact) mass is 1330 g/mol. The van der Waals surface area contributed by atoms with Crippen molar-refractivity contribution < 1.29 is 61.5 Å². The van der Waals surface area contributed by atoms with Gasteiger partial charge in [0.15, 0.2) is 40.5 Å². The van der Waals surface area contributed by atoms with Crippen LogP contribution in [0.25, 0.3) is 33.0 Å². The van der Waals surface area contributed by atoms with E-state index < -0.39 is 23.4 Å². The number of carbonyl (C=O) groups excluding carboxylic acids is 3. The number of nitrogen functional groups attached to an aromatic ring is 1. The number of hydrogen-bond acceptors (Lipinski definition) is 17. The van der Waals surface area contributed by atoms with Crippen molar-refractivity contribution in [3.05, 3.63) is 207 Å². The minimum Gasteiger partial charge on any atom is -0.478 e. The molecule has 18 nitrogen and oxygen atoms in total. The Bertz CT molecular complexity index is 4050. The van der Waals surface area contributed by atoms with Gasteiger partial charge in [0.05, 0.1) is 53.8 Å². The van der Waals surface area contributed by atoms with Crippen LogP contribution in [0.1, 0.15) is 29.5 Å². The fourth-order valence-electron chi connectivity index (χ4n) is 9.91. The van der Waals surface area contributed by atoms with Crippen molar-refractivity contribution in [2.45, 2.75) is 19.3 Å². The molecule has 0 amide bonds. The highest BCUT2D eigenvalue weighted by Crippen LogP contribution is 2.39. The van der Waals surface area contributed by atoms with Crippen LogP contribution in [0.3, 0.4) is 0 Å². The van der Waals surface area contributed by atoms with Gasteiger partial charge in [-0.05, 0) is 97.8 Å². The number of pyridine rings is 4. The lowest BCUT2D eigenvalue weighted by Gasteiger charge is -2.26. The number of carboxylic acids is 1. The van der Waals surface area contributed by atoms with Gasteiger partial charge in [0.2, 0.25) is 11.8 Å². The first kappa shape index (κ1) is 63.1. The van der Waals surface area contributed by atoms with Crippen molar-refractivity contribution in [1.82, 2.24) is 29.7 Å². The van der Waals surface area contributed by atoms with E-state index in [1.807, 2.05) is 54.6 Å². The van der Waals surface area contributed by atoms with Crippen molar-refractivity contribution in [1.29, 1.82) is 0 Å². The van der Waals surface area contributed by atoms with E-state index in [1.165, 1.54) is 30.3 Å². The molecular formula is C67H59Br2F2N7O11. The molecule has 6 heterocycles. The van der Waals surface area contributed by atoms with Crippen LogP contribution >= 0.6 is 31.9 Å². The Balaban J connectivity index is 0.000000165. The number of aliphatic carboxylic acids is 1. The summed E-state index contributed by atoms with van der Waals surface area (Å²) in [7, 11) is 0. The van der Waals surface area contributed by atoms with E-state index in [0.29, 0.717) is 102 Å². The zero-order valence-electron chi connectivity index (χ0n) is 47.9. The Kier molecular flexibility index (Phi) is 21.5. The Hall–Kier alpha value is -8.90. The lowest BCUT2D eigenvalue weighted by molar-refractivity contribution is -0.134. The second kappa shape index (κ2) is 30.3. The first-order valence-electron chi connectivity index (χ1n) is 28.5. The second-order valence-electron chi connectivity index (χ2n) is 20.4. The summed E-state index contributed by atoms with van der Waals surface area (Å²) < 4.78 is 64.7. The van der Waals surface area contributed by atoms with Gasteiger partial charge in [-0.3, -0.25) is 34.2 Å². The van der Waals surface area contributed by atoms with Crippen molar-refractivity contribution in [2.24, 2.45) is 0 Å². The number of Topliss-reactive ketones (excluding diaryl/α,β-unsaturated/α-hetero) is 3. The molecule has 456 valence electrons. The van der Waals surface area contributed by atoms with Crippen LogP contribution in [-0.2, 0) is 35.1 Å². The van der Waals surface area contributed by atoms with Gasteiger partial charge in [0.1, 0.15) is 39.2 Å². The summed E-state index contributed by atoms with van der Waals surface area (Å²) in [6, 6.07) is 30.3. The van der Waals surface area contributed by atoms with Gasteiger partial charge >= 0.3 is 5.97 Å². The molecule has 2 aliphatic carbocycles. The minimum atomic E-state index is -1.16. The van der Waals surface area contributed by atoms with Crippen molar-refractivity contribution >= 4 is 93.8 Å². The minimum absolute atomic E-state index is 0.0158. The largest absolute Gasteiger partial charge is 0.478 e. The number of carbonyl (C=O) groups is 4. The molecule has 12 rings (SSSR count). The van der Waals surface area contributed by atoms with Gasteiger partial charge in [0.25, 0.3) is 0 Å². The number of allylic oxidation sites excluding steroid dienone is 7. The Labute approximate surface area is 527 Å². The maximum absolute atomic E-state index is 15.2. The van der Waals surface area contributed by atoms with Crippen LogP contribution in [0.4, 0.5) is 14.5 Å². The van der Waals surface area contributed by atoms with E-state index in [-0.39, 0.29) is 40.6 Å². The number of fused-ring (bicyclic) bond motifs is 2. The smallest absolute Gasteiger partial charge is 0.339 e. The molecule has 4 aromatic heterocycles. The van der Waals surface area contributed by atoms with Crippen LogP contribution in [0.2, 0.25) is 0 Å². The number of nitrogens with two attached hydrogens (primary N) is 1. The summed E-state index contributed by atoms with van der Waals surface area (Å²) in [5, 5.41) is 10.1. The van der Waals surface area contributed by atoms with Gasteiger partial charge in [-0.15, -0.1) is 0 Å². The number of carboxylic acid groups (broad SMARTS) is 1. The molecule has 4 aromatic carbocycles. The quantitative estimate of drug-likeness (QED) is 0.0601. The highest BCUT2D eigenvalue weighted by atomic mass is 79.9. The average Bonchev–Trinajstić information content (AvgIpc) is 2.34. The zero-order chi connectivity index (χ0) is 62.2. The summed E-state index contributed by atoms with van der Waals surface area (Å²) in [5.74, 6) is -1.69. The Morgan fingerprint density at radius 1 is 0.573 bits per heavy atom. The number of ketones is 3. The van der Waals surface area contributed by atoms with Gasteiger partial charge in [0, 0.05) is 93.4 Å². The van der Waals surface area contributed by atoms with E-state index in [4.69, 9.17) is 39.3 Å². The predicted molar refractivity (Wildman–Crippen MR) is 338 cm³/mol. The van der Waals surface area contributed by atoms with E-state index >= 15 is 4.39 Å². The molecule has 3 N–H and O–H groups in total. The standard InChI is InChI=1S/C34H29BrFN3O5.C20H20BrFN4O3.C13H10O3/c35-31-32-26(21-38-34(31)43-18-15-39-13-16-42-17-14-39)29(11-12-37-32)44-30-10-9-22(19-27(30)36)20-28(40)25-8-4-7-24(33(25)41)23-5-2-1-3-6-23;21-18-19-14(12-25-20(18)28-10-7-26-5-8-27-9-6-26)16(3-4-24-19)29-17-2-1-13(23)11-15(17)22;14-12-10(9-5-2-1-3-6-9)7-4-8-11(12)13(15)16/h1-3,5-12,19,21H,4,13-18,20H2;1-4,11-12H,5-10,23H2;1-3,5-8H,4H2,(H,15,16). The third-order valence-electron chi connectivity index (χ3n) is 14.5. The van der Waals surface area contributed by atoms with Gasteiger partial charge in [-0.25, -0.2) is 23.5 Å². The van der Waals surface area contributed by atoms with E-state index in [9.17, 15) is 23.6 Å². The number of benzene rings is 4. The molecule has 8 aromatic rings. The molecule has 0 bridgehead atoms. The molecule has 2 saturated heterocycles. The summed E-state index contributed by atoms with van der Waals surface area (Å²) in [5.41, 5.74) is 10.0. The third-order valence-corrected chi connectivity index (χ3v) is 16.0. The molecule has 22 heteroatoms. The molecule has 0 unspecified atom stereocenters. The van der Waals surface area contributed by atoms with Gasteiger partial charge in [-0.2, -0.15) is 0 Å². The number of ether oxygens (including phenoxy) is 6. The van der Waals surface area contributed by atoms with Crippen LogP contribution in [0, 0.1) is 11.6 Å². The Morgan fingerprint density at radius 3 is 1.51 bits per heavy atom. The number of anilines is 1.